The van der Waals surface area contributed by atoms with Gasteiger partial charge in [-0.3, -0.25) is 0 Å². The SMILES string of the molecule is Cc1cc(-c2ccccc2)c[n+]2c1-c1ccccc1/C(=C1\Cc3ccccc3-c3cccc[n+]31)[n+]1ccccc1-c1ccccc1-2. The molecule has 9 rings (SSSR count). The van der Waals surface area contributed by atoms with E-state index in [0.717, 1.165) is 17.8 Å². The monoisotopic (exact) mass is 590 g/mol. The van der Waals surface area contributed by atoms with Gasteiger partial charge in [0.2, 0.25) is 22.8 Å². The lowest BCUT2D eigenvalue weighted by molar-refractivity contribution is -0.599. The molecule has 0 atom stereocenters. The first-order valence-electron chi connectivity index (χ1n) is 15.9. The topological polar surface area (TPSA) is 11.6 Å². The number of aryl methyl sites for hydroxylation is 1. The lowest BCUT2D eigenvalue weighted by Gasteiger charge is -2.18. The molecule has 3 heteroatoms. The van der Waals surface area contributed by atoms with Gasteiger partial charge in [0.05, 0.1) is 23.1 Å². The van der Waals surface area contributed by atoms with Gasteiger partial charge in [0.15, 0.2) is 18.6 Å². The zero-order valence-electron chi connectivity index (χ0n) is 25.6. The van der Waals surface area contributed by atoms with E-state index in [1.165, 1.54) is 67.3 Å². The van der Waals surface area contributed by atoms with E-state index in [1.807, 2.05) is 0 Å². The van der Waals surface area contributed by atoms with E-state index in [-0.39, 0.29) is 0 Å². The van der Waals surface area contributed by atoms with Gasteiger partial charge in [-0.25, -0.2) is 0 Å². The number of nitrogens with zero attached hydrogens (tertiary/aromatic N) is 3. The molecule has 7 aromatic rings. The van der Waals surface area contributed by atoms with Crippen molar-refractivity contribution in [1.29, 1.82) is 0 Å². The minimum Gasteiger partial charge on any atom is -0.158 e. The van der Waals surface area contributed by atoms with Crippen molar-refractivity contribution in [3.63, 3.8) is 0 Å². The fourth-order valence-electron chi connectivity index (χ4n) is 7.42. The predicted molar refractivity (Wildman–Crippen MR) is 183 cm³/mol. The van der Waals surface area contributed by atoms with Crippen LogP contribution in [0.4, 0.5) is 0 Å². The zero-order valence-corrected chi connectivity index (χ0v) is 25.6. The van der Waals surface area contributed by atoms with Crippen LogP contribution in [-0.2, 0) is 6.42 Å². The minimum absolute atomic E-state index is 0.816. The van der Waals surface area contributed by atoms with Crippen molar-refractivity contribution in [3.05, 3.63) is 181 Å². The second-order valence-corrected chi connectivity index (χ2v) is 12.1. The summed E-state index contributed by atoms with van der Waals surface area (Å²) in [7, 11) is 0. The first-order valence-corrected chi connectivity index (χ1v) is 15.9. The van der Waals surface area contributed by atoms with Crippen molar-refractivity contribution in [2.45, 2.75) is 13.3 Å². The standard InChI is InChI=1S/C43H32N3/c1-30-27-33(31-15-3-2-4-16-31)29-46-40-22-10-9-21-37(40)39-24-12-14-26-45(39)43(36-20-8-7-19-35(36)42(30)46)41-28-32-17-5-6-18-34(32)38-23-11-13-25-44(38)41/h2-27,29H,28H2,1H3/q+3/b43-41-. The van der Waals surface area contributed by atoms with Gasteiger partial charge in [0.1, 0.15) is 5.56 Å². The van der Waals surface area contributed by atoms with Crippen LogP contribution in [0.15, 0.2) is 164 Å². The first-order chi connectivity index (χ1) is 22.8. The summed E-state index contributed by atoms with van der Waals surface area (Å²) in [5, 5.41) is 0. The van der Waals surface area contributed by atoms with Gasteiger partial charge in [0, 0.05) is 41.5 Å². The lowest BCUT2D eigenvalue weighted by atomic mass is 9.91. The van der Waals surface area contributed by atoms with Gasteiger partial charge in [-0.15, -0.1) is 0 Å². The highest BCUT2D eigenvalue weighted by Crippen LogP contribution is 2.38. The molecule has 0 aliphatic carbocycles. The van der Waals surface area contributed by atoms with Gasteiger partial charge >= 0.3 is 0 Å². The van der Waals surface area contributed by atoms with Gasteiger partial charge < -0.3 is 0 Å². The van der Waals surface area contributed by atoms with Gasteiger partial charge in [-0.1, -0.05) is 72.8 Å². The van der Waals surface area contributed by atoms with E-state index < -0.39 is 0 Å². The average Bonchev–Trinajstić information content (AvgIpc) is 3.16. The van der Waals surface area contributed by atoms with Crippen LogP contribution < -0.4 is 13.7 Å². The zero-order chi connectivity index (χ0) is 30.6. The average molecular weight is 591 g/mol. The number of hydrogen-bond acceptors (Lipinski definition) is 0. The molecule has 46 heavy (non-hydrogen) atoms. The van der Waals surface area contributed by atoms with Crippen LogP contribution in [0, 0.1) is 6.92 Å². The molecular formula is C43H32N3+3. The molecule has 0 saturated heterocycles. The molecule has 2 aliphatic rings. The molecule has 3 nitrogen and oxygen atoms in total. The van der Waals surface area contributed by atoms with E-state index in [4.69, 9.17) is 0 Å². The Kier molecular flexibility index (Phi) is 6.10. The Labute approximate surface area is 269 Å². The predicted octanol–water partition coefficient (Wildman–Crippen LogP) is 8.26. The maximum Gasteiger partial charge on any atom is 0.287 e. The van der Waals surface area contributed by atoms with Crippen molar-refractivity contribution in [3.8, 4) is 50.6 Å². The second-order valence-electron chi connectivity index (χ2n) is 12.1. The van der Waals surface area contributed by atoms with Gasteiger partial charge in [-0.05, 0) is 60.5 Å². The molecule has 0 unspecified atom stereocenters. The van der Waals surface area contributed by atoms with Crippen LogP contribution in [0.25, 0.3) is 62.0 Å². The molecule has 0 amide bonds. The van der Waals surface area contributed by atoms with E-state index in [2.05, 4.69) is 185 Å². The highest BCUT2D eigenvalue weighted by Gasteiger charge is 2.40. The molecule has 4 aromatic carbocycles. The Morgan fingerprint density at radius 1 is 0.478 bits per heavy atom. The van der Waals surface area contributed by atoms with Crippen molar-refractivity contribution in [2.75, 3.05) is 0 Å². The van der Waals surface area contributed by atoms with Crippen molar-refractivity contribution < 1.29 is 13.7 Å². The van der Waals surface area contributed by atoms with Crippen LogP contribution in [0.2, 0.25) is 0 Å². The molecule has 216 valence electrons. The Morgan fingerprint density at radius 3 is 1.89 bits per heavy atom. The number of para-hydroxylation sites is 1. The number of fused-ring (bicyclic) bond motifs is 10. The van der Waals surface area contributed by atoms with Gasteiger partial charge in [-0.2, -0.15) is 13.7 Å². The number of allylic oxidation sites excluding steroid dienone is 1. The smallest absolute Gasteiger partial charge is 0.158 e. The number of aromatic nitrogens is 3. The van der Waals surface area contributed by atoms with E-state index >= 15 is 0 Å². The van der Waals surface area contributed by atoms with Crippen LogP contribution >= 0.6 is 0 Å². The molecule has 5 heterocycles. The highest BCUT2D eigenvalue weighted by molar-refractivity contribution is 5.87. The maximum absolute atomic E-state index is 2.42. The summed E-state index contributed by atoms with van der Waals surface area (Å²) in [6.45, 7) is 2.25. The van der Waals surface area contributed by atoms with Crippen molar-refractivity contribution in [2.24, 2.45) is 0 Å². The fraction of sp³-hybridized carbons (Fsp3) is 0.0465. The molecule has 0 spiro atoms. The summed E-state index contributed by atoms with van der Waals surface area (Å²) in [5.41, 5.74) is 17.0. The third-order valence-corrected chi connectivity index (χ3v) is 9.41. The Morgan fingerprint density at radius 2 is 1.09 bits per heavy atom. The molecule has 0 bridgehead atoms. The summed E-state index contributed by atoms with van der Waals surface area (Å²) >= 11 is 0. The molecule has 0 saturated carbocycles. The second kappa shape index (κ2) is 10.6. The highest BCUT2D eigenvalue weighted by atomic mass is 15.1. The Hall–Kier alpha value is -5.93. The third kappa shape index (κ3) is 4.09. The lowest BCUT2D eigenvalue weighted by Crippen LogP contribution is -2.45. The molecule has 0 N–H and O–H groups in total. The maximum atomic E-state index is 2.42. The van der Waals surface area contributed by atoms with E-state index in [1.54, 1.807) is 0 Å². The third-order valence-electron chi connectivity index (χ3n) is 9.41. The summed E-state index contributed by atoms with van der Waals surface area (Å²) in [6, 6.07) is 52.7. The van der Waals surface area contributed by atoms with Crippen LogP contribution in [0.5, 0.6) is 0 Å². The first kappa shape index (κ1) is 26.5. The molecule has 0 radical (unpaired) electrons. The number of pyridine rings is 3. The number of rotatable bonds is 1. The quantitative estimate of drug-likeness (QED) is 0.171. The minimum atomic E-state index is 0.816. The molecule has 3 aromatic heterocycles. The van der Waals surface area contributed by atoms with Crippen LogP contribution in [0.3, 0.4) is 0 Å². The Balaban J connectivity index is 1.46. The van der Waals surface area contributed by atoms with Crippen LogP contribution in [0.1, 0.15) is 16.7 Å². The summed E-state index contributed by atoms with van der Waals surface area (Å²) in [5.74, 6) is 0. The Bertz CT molecular complexity index is 2350. The number of hydrogen-bond donors (Lipinski definition) is 0. The summed E-state index contributed by atoms with van der Waals surface area (Å²) < 4.78 is 7.25. The van der Waals surface area contributed by atoms with E-state index in [0.29, 0.717) is 0 Å². The fourth-order valence-corrected chi connectivity index (χ4v) is 7.42. The van der Waals surface area contributed by atoms with Crippen molar-refractivity contribution >= 4 is 11.4 Å². The van der Waals surface area contributed by atoms with Crippen LogP contribution in [-0.4, -0.2) is 0 Å². The normalized spacial score (nSPS) is 14.3. The molecule has 0 fully saturated rings. The van der Waals surface area contributed by atoms with Crippen molar-refractivity contribution in [1.82, 2.24) is 0 Å². The van der Waals surface area contributed by atoms with E-state index in [9.17, 15) is 0 Å². The molecular weight excluding hydrogens is 558 g/mol. The molecule has 2 aliphatic heterocycles. The summed E-state index contributed by atoms with van der Waals surface area (Å²) in [4.78, 5) is 0. The summed E-state index contributed by atoms with van der Waals surface area (Å²) in [6.07, 6.45) is 7.59. The largest absolute Gasteiger partial charge is 0.287 e. The number of benzene rings is 4. The van der Waals surface area contributed by atoms with Gasteiger partial charge in [0.25, 0.3) is 11.4 Å².